The molecule has 90 valence electrons. The third-order valence-corrected chi connectivity index (χ3v) is 2.25. The molecule has 0 spiro atoms. The first-order valence-electron chi connectivity index (χ1n) is 5.32. The first kappa shape index (κ1) is 13.0. The van der Waals surface area contributed by atoms with Crippen LogP contribution in [0.1, 0.15) is 11.1 Å². The van der Waals surface area contributed by atoms with Crippen molar-refractivity contribution in [3.05, 3.63) is 42.0 Å². The number of anilines is 1. The zero-order chi connectivity index (χ0) is 12.8. The van der Waals surface area contributed by atoms with Crippen molar-refractivity contribution in [2.75, 3.05) is 11.9 Å². The van der Waals surface area contributed by atoms with Gasteiger partial charge in [0.15, 0.2) is 0 Å². The van der Waals surface area contributed by atoms with Gasteiger partial charge in [0, 0.05) is 12.2 Å². The fourth-order valence-electron chi connectivity index (χ4n) is 1.29. The molecular formula is C13H16N2O2. The van der Waals surface area contributed by atoms with Crippen LogP contribution in [0.25, 0.3) is 0 Å². The van der Waals surface area contributed by atoms with Crippen molar-refractivity contribution in [3.8, 4) is 0 Å². The highest BCUT2D eigenvalue weighted by Crippen LogP contribution is 2.15. The highest BCUT2D eigenvalue weighted by atomic mass is 16.2. The lowest BCUT2D eigenvalue weighted by Gasteiger charge is -2.08. The van der Waals surface area contributed by atoms with Crippen LogP contribution in [0.3, 0.4) is 0 Å². The third-order valence-electron chi connectivity index (χ3n) is 2.25. The Bertz CT molecular complexity index is 453. The summed E-state index contributed by atoms with van der Waals surface area (Å²) in [6.07, 6.45) is 1.52. The van der Waals surface area contributed by atoms with Gasteiger partial charge in [-0.3, -0.25) is 9.59 Å². The Morgan fingerprint density at radius 2 is 2.00 bits per heavy atom. The second-order valence-corrected chi connectivity index (χ2v) is 3.77. The molecule has 2 N–H and O–H groups in total. The van der Waals surface area contributed by atoms with Crippen LogP contribution >= 0.6 is 0 Å². The molecule has 0 unspecified atom stereocenters. The van der Waals surface area contributed by atoms with Gasteiger partial charge in [0.05, 0.1) is 0 Å². The first-order valence-corrected chi connectivity index (χ1v) is 5.32. The average Bonchev–Trinajstić information content (AvgIpc) is 2.30. The van der Waals surface area contributed by atoms with E-state index in [1.807, 2.05) is 32.0 Å². The van der Waals surface area contributed by atoms with Crippen molar-refractivity contribution in [2.24, 2.45) is 0 Å². The lowest BCUT2D eigenvalue weighted by Crippen LogP contribution is -2.35. The van der Waals surface area contributed by atoms with E-state index in [9.17, 15) is 9.59 Å². The highest BCUT2D eigenvalue weighted by molar-refractivity contribution is 6.39. The van der Waals surface area contributed by atoms with Gasteiger partial charge in [-0.1, -0.05) is 18.2 Å². The summed E-state index contributed by atoms with van der Waals surface area (Å²) >= 11 is 0. The number of amides is 2. The zero-order valence-corrected chi connectivity index (χ0v) is 10.0. The van der Waals surface area contributed by atoms with Gasteiger partial charge >= 0.3 is 11.8 Å². The monoisotopic (exact) mass is 232 g/mol. The minimum Gasteiger partial charge on any atom is -0.344 e. The van der Waals surface area contributed by atoms with Crippen LogP contribution in [0.15, 0.2) is 30.9 Å². The number of hydrogen-bond donors (Lipinski definition) is 2. The molecule has 0 heterocycles. The molecule has 0 aromatic heterocycles. The second kappa shape index (κ2) is 5.84. The molecule has 0 aliphatic rings. The van der Waals surface area contributed by atoms with Crippen LogP contribution in [-0.4, -0.2) is 18.4 Å². The lowest BCUT2D eigenvalue weighted by molar-refractivity contribution is -0.136. The number of aryl methyl sites for hydroxylation is 2. The Labute approximate surface area is 101 Å². The fourth-order valence-corrected chi connectivity index (χ4v) is 1.29. The van der Waals surface area contributed by atoms with Crippen LogP contribution in [0.5, 0.6) is 0 Å². The summed E-state index contributed by atoms with van der Waals surface area (Å²) in [4.78, 5) is 22.9. The number of carbonyl (C=O) groups is 2. The van der Waals surface area contributed by atoms with Crippen molar-refractivity contribution in [1.82, 2.24) is 5.32 Å². The first-order chi connectivity index (χ1) is 8.04. The Kier molecular flexibility index (Phi) is 4.46. The number of hydrogen-bond acceptors (Lipinski definition) is 2. The third kappa shape index (κ3) is 3.75. The normalized spacial score (nSPS) is 9.53. The summed E-state index contributed by atoms with van der Waals surface area (Å²) in [5.41, 5.74) is 2.60. The Hall–Kier alpha value is -2.10. The van der Waals surface area contributed by atoms with E-state index in [-0.39, 0.29) is 6.54 Å². The number of carbonyl (C=O) groups excluding carboxylic acids is 2. The lowest BCUT2D eigenvalue weighted by atomic mass is 10.1. The van der Waals surface area contributed by atoms with E-state index >= 15 is 0 Å². The van der Waals surface area contributed by atoms with Gasteiger partial charge < -0.3 is 10.6 Å². The molecule has 2 amide bonds. The molecule has 0 saturated heterocycles. The molecule has 0 saturated carbocycles. The molecule has 1 rings (SSSR count). The van der Waals surface area contributed by atoms with Crippen LogP contribution in [0.4, 0.5) is 5.69 Å². The Balaban J connectivity index is 2.70. The summed E-state index contributed by atoms with van der Waals surface area (Å²) in [5.74, 6) is -1.33. The molecule has 0 aliphatic heterocycles. The predicted octanol–water partition coefficient (Wildman–Crippen LogP) is 1.54. The molecule has 0 fully saturated rings. The maximum Gasteiger partial charge on any atom is 0.313 e. The summed E-state index contributed by atoms with van der Waals surface area (Å²) < 4.78 is 0. The Morgan fingerprint density at radius 1 is 1.29 bits per heavy atom. The van der Waals surface area contributed by atoms with Crippen LogP contribution < -0.4 is 10.6 Å². The van der Waals surface area contributed by atoms with Gasteiger partial charge in [-0.25, -0.2) is 0 Å². The summed E-state index contributed by atoms with van der Waals surface area (Å²) in [6, 6.07) is 5.67. The largest absolute Gasteiger partial charge is 0.344 e. The fraction of sp³-hybridized carbons (Fsp3) is 0.231. The van der Waals surface area contributed by atoms with Crippen molar-refractivity contribution in [1.29, 1.82) is 0 Å². The Morgan fingerprint density at radius 3 is 2.65 bits per heavy atom. The van der Waals surface area contributed by atoms with Crippen LogP contribution in [0.2, 0.25) is 0 Å². The van der Waals surface area contributed by atoms with Gasteiger partial charge in [0.2, 0.25) is 0 Å². The topological polar surface area (TPSA) is 58.2 Å². The molecular weight excluding hydrogens is 216 g/mol. The van der Waals surface area contributed by atoms with Gasteiger partial charge in [0.25, 0.3) is 0 Å². The molecule has 0 bridgehead atoms. The molecule has 0 atom stereocenters. The van der Waals surface area contributed by atoms with Gasteiger partial charge in [0.1, 0.15) is 0 Å². The number of nitrogens with one attached hydrogen (secondary N) is 2. The quantitative estimate of drug-likeness (QED) is 0.613. The van der Waals surface area contributed by atoms with Crippen molar-refractivity contribution in [2.45, 2.75) is 13.8 Å². The predicted molar refractivity (Wildman–Crippen MR) is 67.8 cm³/mol. The zero-order valence-electron chi connectivity index (χ0n) is 10.0. The van der Waals surface area contributed by atoms with E-state index < -0.39 is 11.8 Å². The summed E-state index contributed by atoms with van der Waals surface area (Å²) in [5, 5.41) is 4.99. The van der Waals surface area contributed by atoms with E-state index in [0.29, 0.717) is 5.69 Å². The molecule has 4 nitrogen and oxygen atoms in total. The van der Waals surface area contributed by atoms with Crippen LogP contribution in [-0.2, 0) is 9.59 Å². The number of benzene rings is 1. The molecule has 0 aliphatic carbocycles. The minimum absolute atomic E-state index is 0.277. The molecule has 0 radical (unpaired) electrons. The molecule has 1 aromatic rings. The van der Waals surface area contributed by atoms with E-state index in [4.69, 9.17) is 0 Å². The van der Waals surface area contributed by atoms with Gasteiger partial charge in [-0.15, -0.1) is 6.58 Å². The van der Waals surface area contributed by atoms with E-state index in [2.05, 4.69) is 17.2 Å². The standard InChI is InChI=1S/C13H16N2O2/c1-4-7-14-12(16)13(17)15-11-8-9(2)5-6-10(11)3/h4-6,8H,1,7H2,2-3H3,(H,14,16)(H,15,17). The maximum absolute atomic E-state index is 11.5. The van der Waals surface area contributed by atoms with Crippen LogP contribution in [0, 0.1) is 13.8 Å². The number of rotatable bonds is 3. The van der Waals surface area contributed by atoms with E-state index in [1.165, 1.54) is 6.08 Å². The maximum atomic E-state index is 11.5. The molecule has 17 heavy (non-hydrogen) atoms. The highest BCUT2D eigenvalue weighted by Gasteiger charge is 2.13. The second-order valence-electron chi connectivity index (χ2n) is 3.77. The molecule has 1 aromatic carbocycles. The summed E-state index contributed by atoms with van der Waals surface area (Å²) in [6.45, 7) is 7.53. The van der Waals surface area contributed by atoms with Gasteiger partial charge in [-0.2, -0.15) is 0 Å². The van der Waals surface area contributed by atoms with E-state index in [1.54, 1.807) is 0 Å². The average molecular weight is 232 g/mol. The van der Waals surface area contributed by atoms with Crippen molar-refractivity contribution < 1.29 is 9.59 Å². The smallest absolute Gasteiger partial charge is 0.313 e. The van der Waals surface area contributed by atoms with E-state index in [0.717, 1.165) is 11.1 Å². The SMILES string of the molecule is C=CCNC(=O)C(=O)Nc1cc(C)ccc1C. The van der Waals surface area contributed by atoms with Crippen molar-refractivity contribution >= 4 is 17.5 Å². The molecule has 4 heteroatoms. The van der Waals surface area contributed by atoms with Crippen molar-refractivity contribution in [3.63, 3.8) is 0 Å². The van der Waals surface area contributed by atoms with Gasteiger partial charge in [-0.05, 0) is 31.0 Å². The minimum atomic E-state index is -0.666. The summed E-state index contributed by atoms with van der Waals surface area (Å²) in [7, 11) is 0.